The Labute approximate surface area is 104 Å². The van der Waals surface area contributed by atoms with E-state index in [4.69, 9.17) is 11.6 Å². The van der Waals surface area contributed by atoms with Crippen LogP contribution in [0.15, 0.2) is 36.7 Å². The van der Waals surface area contributed by atoms with Crippen LogP contribution in [0.5, 0.6) is 0 Å². The van der Waals surface area contributed by atoms with Crippen LogP contribution in [0, 0.1) is 6.92 Å². The smallest absolute Gasteiger partial charge is 0.257 e. The maximum atomic E-state index is 11.9. The molecular formula is C12H10ClN3O. The number of carbonyl (C=O) groups is 1. The molecule has 0 aliphatic carbocycles. The molecule has 0 saturated carbocycles. The summed E-state index contributed by atoms with van der Waals surface area (Å²) in [4.78, 5) is 19.7. The van der Waals surface area contributed by atoms with Crippen molar-refractivity contribution in [2.45, 2.75) is 6.92 Å². The van der Waals surface area contributed by atoms with E-state index in [2.05, 4.69) is 15.3 Å². The van der Waals surface area contributed by atoms with Crippen molar-refractivity contribution in [1.29, 1.82) is 0 Å². The number of benzene rings is 1. The molecule has 0 radical (unpaired) electrons. The number of aryl methyl sites for hydroxylation is 1. The summed E-state index contributed by atoms with van der Waals surface area (Å²) in [6, 6.07) is 7.33. The fourth-order valence-corrected chi connectivity index (χ4v) is 1.49. The Morgan fingerprint density at radius 3 is 2.65 bits per heavy atom. The van der Waals surface area contributed by atoms with Gasteiger partial charge in [0.2, 0.25) is 0 Å². The van der Waals surface area contributed by atoms with Crippen LogP contribution >= 0.6 is 11.6 Å². The highest BCUT2D eigenvalue weighted by Gasteiger charge is 2.08. The summed E-state index contributed by atoms with van der Waals surface area (Å²) < 4.78 is 0. The molecule has 1 N–H and O–H groups in total. The van der Waals surface area contributed by atoms with Crippen LogP contribution in [0.4, 0.5) is 5.82 Å². The first-order chi connectivity index (χ1) is 8.16. The molecular weight excluding hydrogens is 238 g/mol. The molecule has 1 amide bonds. The number of nitrogens with one attached hydrogen (secondary N) is 1. The molecule has 1 aromatic heterocycles. The van der Waals surface area contributed by atoms with Gasteiger partial charge in [-0.25, -0.2) is 9.97 Å². The first kappa shape index (κ1) is 11.5. The van der Waals surface area contributed by atoms with Gasteiger partial charge in [-0.15, -0.1) is 0 Å². The SMILES string of the molecule is Cc1ccccc1C(=O)Nc1cnc(Cl)cn1. The average Bonchev–Trinajstić information content (AvgIpc) is 2.32. The summed E-state index contributed by atoms with van der Waals surface area (Å²) >= 11 is 5.60. The monoisotopic (exact) mass is 247 g/mol. The minimum Gasteiger partial charge on any atom is -0.305 e. The molecule has 0 atom stereocenters. The molecule has 2 rings (SSSR count). The Morgan fingerprint density at radius 2 is 2.00 bits per heavy atom. The minimum atomic E-state index is -0.209. The molecule has 0 spiro atoms. The number of anilines is 1. The zero-order chi connectivity index (χ0) is 12.3. The lowest BCUT2D eigenvalue weighted by Crippen LogP contribution is -2.14. The molecule has 4 nitrogen and oxygen atoms in total. The third-order valence-electron chi connectivity index (χ3n) is 2.25. The van der Waals surface area contributed by atoms with E-state index in [1.165, 1.54) is 12.4 Å². The van der Waals surface area contributed by atoms with Gasteiger partial charge < -0.3 is 5.32 Å². The van der Waals surface area contributed by atoms with E-state index in [1.807, 2.05) is 25.1 Å². The van der Waals surface area contributed by atoms with E-state index in [1.54, 1.807) is 6.07 Å². The van der Waals surface area contributed by atoms with Gasteiger partial charge in [0.05, 0.1) is 12.4 Å². The van der Waals surface area contributed by atoms with Crippen molar-refractivity contribution in [1.82, 2.24) is 9.97 Å². The summed E-state index contributed by atoms with van der Waals surface area (Å²) in [5, 5.41) is 2.95. The number of hydrogen-bond donors (Lipinski definition) is 1. The van der Waals surface area contributed by atoms with Crippen LogP contribution in [0.1, 0.15) is 15.9 Å². The van der Waals surface area contributed by atoms with Gasteiger partial charge in [-0.3, -0.25) is 4.79 Å². The van der Waals surface area contributed by atoms with E-state index in [0.29, 0.717) is 16.5 Å². The summed E-state index contributed by atoms with van der Waals surface area (Å²) in [5.74, 6) is 0.169. The molecule has 1 heterocycles. The fourth-order valence-electron chi connectivity index (χ4n) is 1.39. The Bertz CT molecular complexity index is 540. The average molecular weight is 248 g/mol. The molecule has 0 saturated heterocycles. The third kappa shape index (κ3) is 2.79. The second-order valence-corrected chi connectivity index (χ2v) is 3.88. The van der Waals surface area contributed by atoms with Gasteiger partial charge in [-0.1, -0.05) is 29.8 Å². The predicted molar refractivity (Wildman–Crippen MR) is 66.2 cm³/mol. The lowest BCUT2D eigenvalue weighted by molar-refractivity contribution is 0.102. The van der Waals surface area contributed by atoms with Gasteiger partial charge in [-0.05, 0) is 18.6 Å². The van der Waals surface area contributed by atoms with Crippen LogP contribution in [0.3, 0.4) is 0 Å². The van der Waals surface area contributed by atoms with Gasteiger partial charge >= 0.3 is 0 Å². The lowest BCUT2D eigenvalue weighted by atomic mass is 10.1. The van der Waals surface area contributed by atoms with Gasteiger partial charge in [0.25, 0.3) is 5.91 Å². The number of aromatic nitrogens is 2. The summed E-state index contributed by atoms with van der Waals surface area (Å²) in [6.07, 6.45) is 2.80. The second-order valence-electron chi connectivity index (χ2n) is 3.49. The van der Waals surface area contributed by atoms with Gasteiger partial charge in [0.1, 0.15) is 5.15 Å². The first-order valence-corrected chi connectivity index (χ1v) is 5.39. The molecule has 5 heteroatoms. The second kappa shape index (κ2) is 4.93. The standard InChI is InChI=1S/C12H10ClN3O/c1-8-4-2-3-5-9(8)12(17)16-11-7-14-10(13)6-15-11/h2-7H,1H3,(H,15,16,17). The topological polar surface area (TPSA) is 54.9 Å². The number of rotatable bonds is 2. The maximum absolute atomic E-state index is 11.9. The van der Waals surface area contributed by atoms with Crippen LogP contribution in [0.2, 0.25) is 5.15 Å². The van der Waals surface area contributed by atoms with Crippen LogP contribution in [0.25, 0.3) is 0 Å². The zero-order valence-corrected chi connectivity index (χ0v) is 9.90. The molecule has 0 bridgehead atoms. The largest absolute Gasteiger partial charge is 0.305 e. The number of halogens is 1. The lowest BCUT2D eigenvalue weighted by Gasteiger charge is -2.06. The van der Waals surface area contributed by atoms with E-state index >= 15 is 0 Å². The van der Waals surface area contributed by atoms with Gasteiger partial charge in [0.15, 0.2) is 5.82 Å². The predicted octanol–water partition coefficient (Wildman–Crippen LogP) is 2.69. The Morgan fingerprint density at radius 1 is 1.24 bits per heavy atom. The summed E-state index contributed by atoms with van der Waals surface area (Å²) in [7, 11) is 0. The molecule has 0 aliphatic rings. The number of amides is 1. The quantitative estimate of drug-likeness (QED) is 0.888. The van der Waals surface area contributed by atoms with E-state index in [0.717, 1.165) is 5.56 Å². The fraction of sp³-hybridized carbons (Fsp3) is 0.0833. The van der Waals surface area contributed by atoms with E-state index < -0.39 is 0 Å². The zero-order valence-electron chi connectivity index (χ0n) is 9.14. The molecule has 0 unspecified atom stereocenters. The van der Waals surface area contributed by atoms with E-state index in [-0.39, 0.29) is 5.91 Å². The van der Waals surface area contributed by atoms with Gasteiger partial charge in [0, 0.05) is 5.56 Å². The Hall–Kier alpha value is -1.94. The van der Waals surface area contributed by atoms with Crippen molar-refractivity contribution >= 4 is 23.3 Å². The highest BCUT2D eigenvalue weighted by molar-refractivity contribution is 6.29. The minimum absolute atomic E-state index is 0.209. The summed E-state index contributed by atoms with van der Waals surface area (Å²) in [5.41, 5.74) is 1.52. The van der Waals surface area contributed by atoms with Crippen LogP contribution in [-0.4, -0.2) is 15.9 Å². The van der Waals surface area contributed by atoms with Crippen LogP contribution in [-0.2, 0) is 0 Å². The Kier molecular flexibility index (Phi) is 3.35. The molecule has 0 fully saturated rings. The number of carbonyl (C=O) groups excluding carboxylic acids is 1. The van der Waals surface area contributed by atoms with E-state index in [9.17, 15) is 4.79 Å². The molecule has 2 aromatic rings. The maximum Gasteiger partial charge on any atom is 0.257 e. The number of nitrogens with zero attached hydrogens (tertiary/aromatic N) is 2. The molecule has 0 aliphatic heterocycles. The van der Waals surface area contributed by atoms with Crippen molar-refractivity contribution in [2.75, 3.05) is 5.32 Å². The van der Waals surface area contributed by atoms with Crippen molar-refractivity contribution in [3.63, 3.8) is 0 Å². The number of hydrogen-bond acceptors (Lipinski definition) is 3. The molecule has 17 heavy (non-hydrogen) atoms. The molecule has 86 valence electrons. The Balaban J connectivity index is 2.17. The molecule has 1 aromatic carbocycles. The van der Waals surface area contributed by atoms with Crippen molar-refractivity contribution in [2.24, 2.45) is 0 Å². The van der Waals surface area contributed by atoms with Gasteiger partial charge in [-0.2, -0.15) is 0 Å². The van der Waals surface area contributed by atoms with Crippen molar-refractivity contribution in [3.8, 4) is 0 Å². The highest BCUT2D eigenvalue weighted by atomic mass is 35.5. The third-order valence-corrected chi connectivity index (χ3v) is 2.45. The van der Waals surface area contributed by atoms with Crippen molar-refractivity contribution < 1.29 is 4.79 Å². The normalized spacial score (nSPS) is 10.0. The first-order valence-electron chi connectivity index (χ1n) is 5.01. The summed E-state index contributed by atoms with van der Waals surface area (Å²) in [6.45, 7) is 1.88. The van der Waals surface area contributed by atoms with Crippen molar-refractivity contribution in [3.05, 3.63) is 52.9 Å². The van der Waals surface area contributed by atoms with Crippen LogP contribution < -0.4 is 5.32 Å². The highest BCUT2D eigenvalue weighted by Crippen LogP contribution is 2.10.